The summed E-state index contributed by atoms with van der Waals surface area (Å²) in [5.74, 6) is -0.372. The monoisotopic (exact) mass is 321 g/mol. The van der Waals surface area contributed by atoms with Gasteiger partial charge in [-0.3, -0.25) is 4.79 Å². The van der Waals surface area contributed by atoms with Crippen LogP contribution in [0.1, 0.15) is 32.3 Å². The SMILES string of the molecule is CC(C)NC(=O)N1CCC(NC(=O)Cc2ccc(F)cc2)CC1. The van der Waals surface area contributed by atoms with E-state index in [1.165, 1.54) is 12.1 Å². The average molecular weight is 321 g/mol. The fourth-order valence-electron chi connectivity index (χ4n) is 2.63. The number of carbonyl (C=O) groups is 2. The Hall–Kier alpha value is -2.11. The first-order valence-corrected chi connectivity index (χ1v) is 8.03. The number of amides is 3. The van der Waals surface area contributed by atoms with Gasteiger partial charge < -0.3 is 15.5 Å². The van der Waals surface area contributed by atoms with E-state index >= 15 is 0 Å². The van der Waals surface area contributed by atoms with Crippen molar-refractivity contribution in [3.8, 4) is 0 Å². The Morgan fingerprint density at radius 3 is 2.39 bits per heavy atom. The van der Waals surface area contributed by atoms with Crippen molar-refractivity contribution >= 4 is 11.9 Å². The van der Waals surface area contributed by atoms with Crippen LogP contribution in [0.25, 0.3) is 0 Å². The van der Waals surface area contributed by atoms with E-state index in [2.05, 4.69) is 10.6 Å². The first-order valence-electron chi connectivity index (χ1n) is 8.03. The molecule has 1 aromatic rings. The number of benzene rings is 1. The zero-order valence-electron chi connectivity index (χ0n) is 13.6. The molecule has 2 N–H and O–H groups in total. The van der Waals surface area contributed by atoms with E-state index < -0.39 is 0 Å². The molecular formula is C17H24FN3O2. The molecule has 1 heterocycles. The number of nitrogens with one attached hydrogen (secondary N) is 2. The third-order valence-electron chi connectivity index (χ3n) is 3.84. The van der Waals surface area contributed by atoms with Gasteiger partial charge in [-0.25, -0.2) is 9.18 Å². The number of urea groups is 1. The molecule has 3 amide bonds. The van der Waals surface area contributed by atoms with Gasteiger partial charge in [-0.15, -0.1) is 0 Å². The van der Waals surface area contributed by atoms with Crippen LogP contribution in [-0.4, -0.2) is 42.0 Å². The van der Waals surface area contributed by atoms with Crippen molar-refractivity contribution < 1.29 is 14.0 Å². The highest BCUT2D eigenvalue weighted by Crippen LogP contribution is 2.11. The molecule has 0 aromatic heterocycles. The Morgan fingerprint density at radius 1 is 1.22 bits per heavy atom. The molecule has 0 aliphatic carbocycles. The highest BCUT2D eigenvalue weighted by atomic mass is 19.1. The van der Waals surface area contributed by atoms with Crippen LogP contribution in [-0.2, 0) is 11.2 Å². The van der Waals surface area contributed by atoms with Gasteiger partial charge in [0.1, 0.15) is 5.82 Å². The molecule has 1 fully saturated rings. The number of halogens is 1. The van der Waals surface area contributed by atoms with E-state index in [4.69, 9.17) is 0 Å². The highest BCUT2D eigenvalue weighted by Gasteiger charge is 2.24. The van der Waals surface area contributed by atoms with Gasteiger partial charge in [0, 0.05) is 25.2 Å². The Kier molecular flexibility index (Phi) is 5.96. The van der Waals surface area contributed by atoms with Gasteiger partial charge >= 0.3 is 6.03 Å². The molecule has 1 saturated heterocycles. The second kappa shape index (κ2) is 7.94. The number of piperidine rings is 1. The van der Waals surface area contributed by atoms with Crippen molar-refractivity contribution in [2.45, 2.75) is 45.2 Å². The Labute approximate surface area is 136 Å². The van der Waals surface area contributed by atoms with Crippen molar-refractivity contribution in [3.63, 3.8) is 0 Å². The summed E-state index contributed by atoms with van der Waals surface area (Å²) < 4.78 is 12.8. The first-order chi connectivity index (χ1) is 10.9. The van der Waals surface area contributed by atoms with Crippen LogP contribution < -0.4 is 10.6 Å². The minimum atomic E-state index is -0.304. The van der Waals surface area contributed by atoms with Crippen molar-refractivity contribution in [3.05, 3.63) is 35.6 Å². The molecule has 0 spiro atoms. The number of hydrogen-bond acceptors (Lipinski definition) is 2. The van der Waals surface area contributed by atoms with Crippen molar-refractivity contribution in [1.82, 2.24) is 15.5 Å². The summed E-state index contributed by atoms with van der Waals surface area (Å²) in [6.07, 6.45) is 1.75. The summed E-state index contributed by atoms with van der Waals surface area (Å²) in [5, 5.41) is 5.87. The van der Waals surface area contributed by atoms with Crippen LogP contribution in [0.3, 0.4) is 0 Å². The van der Waals surface area contributed by atoms with Gasteiger partial charge in [-0.1, -0.05) is 12.1 Å². The van der Waals surface area contributed by atoms with E-state index in [1.807, 2.05) is 13.8 Å². The molecule has 126 valence electrons. The lowest BCUT2D eigenvalue weighted by atomic mass is 10.0. The highest BCUT2D eigenvalue weighted by molar-refractivity contribution is 5.79. The Bertz CT molecular complexity index is 537. The molecular weight excluding hydrogens is 297 g/mol. The van der Waals surface area contributed by atoms with Crippen LogP contribution in [0.5, 0.6) is 0 Å². The van der Waals surface area contributed by atoms with Crippen LogP contribution in [0.2, 0.25) is 0 Å². The van der Waals surface area contributed by atoms with Gasteiger partial charge in [0.15, 0.2) is 0 Å². The normalized spacial score (nSPS) is 15.6. The summed E-state index contributed by atoms with van der Waals surface area (Å²) in [6.45, 7) is 5.14. The summed E-state index contributed by atoms with van der Waals surface area (Å²) >= 11 is 0. The third-order valence-corrected chi connectivity index (χ3v) is 3.84. The predicted molar refractivity (Wildman–Crippen MR) is 86.5 cm³/mol. The van der Waals surface area contributed by atoms with Gasteiger partial charge in [-0.05, 0) is 44.4 Å². The smallest absolute Gasteiger partial charge is 0.317 e. The second-order valence-electron chi connectivity index (χ2n) is 6.24. The number of carbonyl (C=O) groups excluding carboxylic acids is 2. The van der Waals surface area contributed by atoms with E-state index in [1.54, 1.807) is 17.0 Å². The number of rotatable bonds is 4. The standard InChI is InChI=1S/C17H24FN3O2/c1-12(2)19-17(23)21-9-7-15(8-10-21)20-16(22)11-13-3-5-14(18)6-4-13/h3-6,12,15H,7-11H2,1-2H3,(H,19,23)(H,20,22). The lowest BCUT2D eigenvalue weighted by molar-refractivity contribution is -0.121. The van der Waals surface area contributed by atoms with Crippen LogP contribution in [0.4, 0.5) is 9.18 Å². The third kappa shape index (κ3) is 5.54. The molecule has 1 aromatic carbocycles. The zero-order chi connectivity index (χ0) is 16.8. The molecule has 23 heavy (non-hydrogen) atoms. The van der Waals surface area contributed by atoms with Crippen LogP contribution in [0, 0.1) is 5.82 Å². The van der Waals surface area contributed by atoms with Crippen molar-refractivity contribution in [2.75, 3.05) is 13.1 Å². The summed E-state index contributed by atoms with van der Waals surface area (Å²) in [6, 6.07) is 6.11. The lowest BCUT2D eigenvalue weighted by Crippen LogP contribution is -2.50. The number of hydrogen-bond donors (Lipinski definition) is 2. The maximum atomic E-state index is 12.8. The van der Waals surface area contributed by atoms with Gasteiger partial charge in [0.05, 0.1) is 6.42 Å². The Morgan fingerprint density at radius 2 is 1.83 bits per heavy atom. The maximum absolute atomic E-state index is 12.8. The van der Waals surface area contributed by atoms with Gasteiger partial charge in [-0.2, -0.15) is 0 Å². The molecule has 0 unspecified atom stereocenters. The molecule has 0 atom stereocenters. The summed E-state index contributed by atoms with van der Waals surface area (Å²) in [4.78, 5) is 25.7. The van der Waals surface area contributed by atoms with Gasteiger partial charge in [0.25, 0.3) is 0 Å². The predicted octanol–water partition coefficient (Wildman–Crippen LogP) is 2.07. The number of likely N-dealkylation sites (tertiary alicyclic amines) is 1. The Balaban J connectivity index is 1.74. The minimum Gasteiger partial charge on any atom is -0.353 e. The summed E-state index contributed by atoms with van der Waals surface area (Å²) in [5.41, 5.74) is 0.789. The van der Waals surface area contributed by atoms with E-state index in [-0.39, 0.29) is 36.3 Å². The van der Waals surface area contributed by atoms with Crippen LogP contribution in [0.15, 0.2) is 24.3 Å². The second-order valence-corrected chi connectivity index (χ2v) is 6.24. The van der Waals surface area contributed by atoms with E-state index in [0.29, 0.717) is 13.1 Å². The van der Waals surface area contributed by atoms with Crippen molar-refractivity contribution in [1.29, 1.82) is 0 Å². The molecule has 1 aliphatic rings. The first kappa shape index (κ1) is 17.2. The molecule has 5 nitrogen and oxygen atoms in total. The molecule has 1 aliphatic heterocycles. The van der Waals surface area contributed by atoms with E-state index in [9.17, 15) is 14.0 Å². The topological polar surface area (TPSA) is 61.4 Å². The quantitative estimate of drug-likeness (QED) is 0.892. The van der Waals surface area contributed by atoms with Gasteiger partial charge in [0.2, 0.25) is 5.91 Å². The largest absolute Gasteiger partial charge is 0.353 e. The molecule has 6 heteroatoms. The average Bonchev–Trinajstić information content (AvgIpc) is 2.49. The maximum Gasteiger partial charge on any atom is 0.317 e. The van der Waals surface area contributed by atoms with Crippen molar-refractivity contribution in [2.24, 2.45) is 0 Å². The minimum absolute atomic E-state index is 0.0453. The number of nitrogens with zero attached hydrogens (tertiary/aromatic N) is 1. The fraction of sp³-hybridized carbons (Fsp3) is 0.529. The van der Waals surface area contributed by atoms with Crippen LogP contribution >= 0.6 is 0 Å². The molecule has 0 saturated carbocycles. The summed E-state index contributed by atoms with van der Waals surface area (Å²) in [7, 11) is 0. The fourth-order valence-corrected chi connectivity index (χ4v) is 2.63. The lowest BCUT2D eigenvalue weighted by Gasteiger charge is -2.33. The molecule has 0 radical (unpaired) electrons. The molecule has 0 bridgehead atoms. The molecule has 2 rings (SSSR count). The van der Waals surface area contributed by atoms with E-state index in [0.717, 1.165) is 18.4 Å². The zero-order valence-corrected chi connectivity index (χ0v) is 13.6.